The Bertz CT molecular complexity index is 318. The van der Waals surface area contributed by atoms with E-state index in [1.165, 1.54) is 6.92 Å². The van der Waals surface area contributed by atoms with Crippen molar-refractivity contribution in [3.8, 4) is 0 Å². The molecule has 2 atom stereocenters. The Morgan fingerprint density at radius 2 is 1.94 bits per heavy atom. The SMILES string of the molecule is CC(N)C(=O)[C@@](N)(CCCNC(N)=O)C(=O)O. The third-order valence-electron chi connectivity index (χ3n) is 2.28. The summed E-state index contributed by atoms with van der Waals surface area (Å²) >= 11 is 0. The molecule has 8 heteroatoms. The molecule has 0 aliphatic carbocycles. The number of primary amides is 1. The maximum absolute atomic E-state index is 11.6. The van der Waals surface area contributed by atoms with E-state index in [4.69, 9.17) is 22.3 Å². The second-order valence-electron chi connectivity index (χ2n) is 3.82. The number of aliphatic carboxylic acids is 1. The Morgan fingerprint density at radius 3 is 2.29 bits per heavy atom. The van der Waals surface area contributed by atoms with Gasteiger partial charge in [-0.15, -0.1) is 0 Å². The van der Waals surface area contributed by atoms with Crippen LogP contribution in [-0.2, 0) is 9.59 Å². The molecule has 8 N–H and O–H groups in total. The fourth-order valence-corrected chi connectivity index (χ4v) is 1.32. The van der Waals surface area contributed by atoms with Gasteiger partial charge in [-0.05, 0) is 19.8 Å². The summed E-state index contributed by atoms with van der Waals surface area (Å²) < 4.78 is 0. The van der Waals surface area contributed by atoms with Crippen LogP contribution in [0.25, 0.3) is 0 Å². The lowest BCUT2D eigenvalue weighted by molar-refractivity contribution is -0.149. The number of ketones is 1. The van der Waals surface area contributed by atoms with Gasteiger partial charge in [-0.25, -0.2) is 9.59 Å². The summed E-state index contributed by atoms with van der Waals surface area (Å²) in [6.45, 7) is 1.52. The highest BCUT2D eigenvalue weighted by Gasteiger charge is 2.42. The second-order valence-corrected chi connectivity index (χ2v) is 3.82. The van der Waals surface area contributed by atoms with Crippen molar-refractivity contribution in [2.45, 2.75) is 31.3 Å². The fourth-order valence-electron chi connectivity index (χ4n) is 1.32. The lowest BCUT2D eigenvalue weighted by Gasteiger charge is -2.24. The number of nitrogens with two attached hydrogens (primary N) is 3. The zero-order chi connectivity index (χ0) is 13.6. The normalized spacial score (nSPS) is 15.7. The number of nitrogens with one attached hydrogen (secondary N) is 1. The van der Waals surface area contributed by atoms with Crippen LogP contribution >= 0.6 is 0 Å². The molecule has 0 rings (SSSR count). The molecule has 0 saturated heterocycles. The van der Waals surface area contributed by atoms with Gasteiger partial charge in [0.25, 0.3) is 0 Å². The van der Waals surface area contributed by atoms with E-state index in [1.807, 2.05) is 0 Å². The van der Waals surface area contributed by atoms with Gasteiger partial charge < -0.3 is 27.6 Å². The molecular weight excluding hydrogens is 228 g/mol. The predicted molar refractivity (Wildman–Crippen MR) is 60.0 cm³/mol. The number of carbonyl (C=O) groups excluding carboxylic acids is 2. The Kier molecular flexibility index (Phi) is 5.56. The van der Waals surface area contributed by atoms with Crippen LogP contribution in [0.15, 0.2) is 0 Å². The summed E-state index contributed by atoms with van der Waals surface area (Å²) in [5, 5.41) is 11.2. The van der Waals surface area contributed by atoms with Crippen LogP contribution < -0.4 is 22.5 Å². The third kappa shape index (κ3) is 4.37. The van der Waals surface area contributed by atoms with Gasteiger partial charge in [0.2, 0.25) is 0 Å². The molecule has 0 aromatic heterocycles. The minimum Gasteiger partial charge on any atom is -0.480 e. The molecule has 8 nitrogen and oxygen atoms in total. The van der Waals surface area contributed by atoms with Crippen LogP contribution in [-0.4, -0.2) is 41.0 Å². The van der Waals surface area contributed by atoms with Gasteiger partial charge in [-0.2, -0.15) is 0 Å². The quantitative estimate of drug-likeness (QED) is 0.261. The lowest BCUT2D eigenvalue weighted by atomic mass is 9.86. The fraction of sp³-hybridized carbons (Fsp3) is 0.667. The highest BCUT2D eigenvalue weighted by molar-refractivity contribution is 6.09. The van der Waals surface area contributed by atoms with Gasteiger partial charge in [0, 0.05) is 6.54 Å². The van der Waals surface area contributed by atoms with E-state index in [1.54, 1.807) is 0 Å². The summed E-state index contributed by atoms with van der Waals surface area (Å²) in [6, 6.07) is -1.68. The van der Waals surface area contributed by atoms with E-state index in [0.29, 0.717) is 0 Å². The molecule has 0 aliphatic rings. The van der Waals surface area contributed by atoms with E-state index < -0.39 is 29.4 Å². The van der Waals surface area contributed by atoms with E-state index in [9.17, 15) is 14.4 Å². The number of Topliss-reactive ketones (excluding diaryl/α,β-unsaturated/α-hetero) is 1. The van der Waals surface area contributed by atoms with Crippen molar-refractivity contribution in [3.05, 3.63) is 0 Å². The van der Waals surface area contributed by atoms with Gasteiger partial charge in [0.15, 0.2) is 11.3 Å². The average Bonchev–Trinajstić information content (AvgIpc) is 2.22. The van der Waals surface area contributed by atoms with Crippen molar-refractivity contribution in [2.75, 3.05) is 6.54 Å². The Labute approximate surface area is 98.5 Å². The number of urea groups is 1. The van der Waals surface area contributed by atoms with Crippen molar-refractivity contribution < 1.29 is 19.5 Å². The van der Waals surface area contributed by atoms with Gasteiger partial charge in [-0.1, -0.05) is 0 Å². The van der Waals surface area contributed by atoms with Gasteiger partial charge >= 0.3 is 12.0 Å². The van der Waals surface area contributed by atoms with Gasteiger partial charge in [0.05, 0.1) is 6.04 Å². The van der Waals surface area contributed by atoms with Crippen LogP contribution in [0.3, 0.4) is 0 Å². The standard InChI is InChI=1S/C9H18N4O4/c1-5(10)6(14)9(12,7(15)16)3-2-4-13-8(11)17/h5H,2-4,10,12H2,1H3,(H,15,16)(H3,11,13,17)/t5?,9-/m0/s1. The Hall–Kier alpha value is -1.67. The van der Waals surface area contributed by atoms with Gasteiger partial charge in [-0.3, -0.25) is 4.79 Å². The molecule has 98 valence electrons. The van der Waals surface area contributed by atoms with Gasteiger partial charge in [0.1, 0.15) is 0 Å². The molecule has 2 amide bonds. The van der Waals surface area contributed by atoms with Crippen LogP contribution in [0.4, 0.5) is 4.79 Å². The molecule has 0 aromatic rings. The van der Waals surface area contributed by atoms with Crippen molar-refractivity contribution in [1.29, 1.82) is 0 Å². The molecule has 17 heavy (non-hydrogen) atoms. The summed E-state index contributed by atoms with van der Waals surface area (Å²) in [6.07, 6.45) is 0.0905. The van der Waals surface area contributed by atoms with Crippen molar-refractivity contribution in [3.63, 3.8) is 0 Å². The number of hydrogen-bond donors (Lipinski definition) is 5. The van der Waals surface area contributed by atoms with E-state index in [-0.39, 0.29) is 19.4 Å². The average molecular weight is 246 g/mol. The first-order chi connectivity index (χ1) is 7.71. The minimum atomic E-state index is -2.02. The molecule has 0 aromatic carbocycles. The van der Waals surface area contributed by atoms with E-state index in [2.05, 4.69) is 5.32 Å². The smallest absolute Gasteiger partial charge is 0.331 e. The van der Waals surface area contributed by atoms with E-state index >= 15 is 0 Å². The zero-order valence-electron chi connectivity index (χ0n) is 9.60. The first kappa shape index (κ1) is 15.3. The molecule has 0 aliphatic heterocycles. The molecule has 0 fully saturated rings. The Balaban J connectivity index is 4.48. The number of carboxylic acids is 1. The Morgan fingerprint density at radius 1 is 1.41 bits per heavy atom. The van der Waals surface area contributed by atoms with Crippen LogP contribution in [0, 0.1) is 0 Å². The first-order valence-corrected chi connectivity index (χ1v) is 5.07. The molecule has 0 radical (unpaired) electrons. The monoisotopic (exact) mass is 246 g/mol. The summed E-state index contributed by atoms with van der Waals surface area (Å²) in [5.74, 6) is -2.18. The highest BCUT2D eigenvalue weighted by Crippen LogP contribution is 2.13. The molecular formula is C9H18N4O4. The number of rotatable bonds is 7. The third-order valence-corrected chi connectivity index (χ3v) is 2.28. The van der Waals surface area contributed by atoms with Crippen molar-refractivity contribution in [2.24, 2.45) is 17.2 Å². The van der Waals surface area contributed by atoms with E-state index in [0.717, 1.165) is 0 Å². The minimum absolute atomic E-state index is 0.122. The molecule has 1 unspecified atom stereocenters. The second kappa shape index (κ2) is 6.16. The molecule has 0 spiro atoms. The predicted octanol–water partition coefficient (Wildman–Crippen LogP) is -1.87. The van der Waals surface area contributed by atoms with Crippen molar-refractivity contribution in [1.82, 2.24) is 5.32 Å². The maximum atomic E-state index is 11.6. The molecule has 0 heterocycles. The maximum Gasteiger partial charge on any atom is 0.331 e. The number of hydrogen-bond acceptors (Lipinski definition) is 5. The van der Waals surface area contributed by atoms with Crippen molar-refractivity contribution >= 4 is 17.8 Å². The zero-order valence-corrected chi connectivity index (χ0v) is 9.60. The molecule has 0 saturated carbocycles. The number of carbonyl (C=O) groups is 3. The summed E-state index contributed by atoms with van der Waals surface area (Å²) in [4.78, 5) is 32.9. The summed E-state index contributed by atoms with van der Waals surface area (Å²) in [5.41, 5.74) is 13.7. The number of amides is 2. The van der Waals surface area contributed by atoms with Crippen LogP contribution in [0.5, 0.6) is 0 Å². The van der Waals surface area contributed by atoms with Crippen LogP contribution in [0.1, 0.15) is 19.8 Å². The largest absolute Gasteiger partial charge is 0.480 e. The van der Waals surface area contributed by atoms with Crippen LogP contribution in [0.2, 0.25) is 0 Å². The summed E-state index contributed by atoms with van der Waals surface area (Å²) in [7, 11) is 0. The number of carboxylic acid groups (broad SMARTS) is 1. The lowest BCUT2D eigenvalue weighted by Crippen LogP contribution is -2.59. The molecule has 0 bridgehead atoms. The highest BCUT2D eigenvalue weighted by atomic mass is 16.4. The topological polar surface area (TPSA) is 162 Å². The first-order valence-electron chi connectivity index (χ1n) is 5.07.